The van der Waals surface area contributed by atoms with Crippen molar-refractivity contribution in [2.24, 2.45) is 0 Å². The van der Waals surface area contributed by atoms with Gasteiger partial charge in [0.2, 0.25) is 0 Å². The second-order valence-corrected chi connectivity index (χ2v) is 4.83. The van der Waals surface area contributed by atoms with E-state index in [4.69, 9.17) is 4.74 Å². The smallest absolute Gasteiger partial charge is 0.387 e. The minimum absolute atomic E-state index is 0.147. The number of ether oxygens (including phenoxy) is 2. The monoisotopic (exact) mass is 329 g/mol. The summed E-state index contributed by atoms with van der Waals surface area (Å²) in [5.41, 5.74) is 0.391. The fraction of sp³-hybridized carbons (Fsp3) is 0.429. The van der Waals surface area contributed by atoms with Crippen LogP contribution in [0.25, 0.3) is 0 Å². The zero-order valence-corrected chi connectivity index (χ0v) is 12.6. The second kappa shape index (κ2) is 7.12. The van der Waals surface area contributed by atoms with Crippen molar-refractivity contribution in [1.82, 2.24) is 10.2 Å². The van der Waals surface area contributed by atoms with E-state index in [0.717, 1.165) is 4.90 Å². The molecule has 1 atom stereocenters. The van der Waals surface area contributed by atoms with E-state index in [1.165, 1.54) is 19.2 Å². The van der Waals surface area contributed by atoms with Crippen LogP contribution in [0.3, 0.4) is 0 Å². The first-order valence-corrected chi connectivity index (χ1v) is 6.91. The lowest BCUT2D eigenvalue weighted by molar-refractivity contribution is -0.128. The molecule has 0 aromatic heterocycles. The summed E-state index contributed by atoms with van der Waals surface area (Å²) in [4.78, 5) is 24.7. The van der Waals surface area contributed by atoms with Crippen LogP contribution in [0.15, 0.2) is 18.2 Å². The van der Waals surface area contributed by atoms with Crippen molar-refractivity contribution in [2.45, 2.75) is 19.6 Å². The van der Waals surface area contributed by atoms with Gasteiger partial charge in [-0.25, -0.2) is 4.79 Å². The molecule has 1 aromatic rings. The predicted molar refractivity (Wildman–Crippen MR) is 77.8 cm³/mol. The maximum atomic E-state index is 12.4. The van der Waals surface area contributed by atoms with E-state index >= 15 is 0 Å². The normalized spacial score (nSPS) is 15.3. The van der Waals surface area contributed by atoms with Crippen LogP contribution in [0.5, 0.6) is 11.5 Å². The maximum Gasteiger partial charge on any atom is 0.387 e. The first-order valence-electron chi connectivity index (χ1n) is 6.91. The Morgan fingerprint density at radius 3 is 2.70 bits per heavy atom. The Labute approximate surface area is 131 Å². The maximum absolute atomic E-state index is 12.4. The first kappa shape index (κ1) is 16.8. The molecule has 23 heavy (non-hydrogen) atoms. The average Bonchev–Trinajstić information content (AvgIpc) is 2.92. The van der Waals surface area contributed by atoms with Crippen molar-refractivity contribution in [3.8, 4) is 11.5 Å². The van der Waals surface area contributed by atoms with E-state index < -0.39 is 24.6 Å². The number of benzene rings is 1. The number of carbonyl (C=O) groups is 2. The molecule has 1 aliphatic rings. The number of halogens is 2. The SMILES string of the molecule is COc1ccc(N[C@@H](C)C(=O)N2CCNC2=O)cc1OC(F)F. The Morgan fingerprint density at radius 2 is 2.13 bits per heavy atom. The molecule has 1 aliphatic heterocycles. The van der Waals surface area contributed by atoms with Crippen molar-refractivity contribution >= 4 is 17.6 Å². The average molecular weight is 329 g/mol. The molecular formula is C14H17F2N3O4. The summed E-state index contributed by atoms with van der Waals surface area (Å²) in [7, 11) is 1.33. The lowest BCUT2D eigenvalue weighted by Crippen LogP contribution is -2.43. The van der Waals surface area contributed by atoms with Gasteiger partial charge < -0.3 is 20.1 Å². The molecule has 2 N–H and O–H groups in total. The van der Waals surface area contributed by atoms with Crippen molar-refractivity contribution in [2.75, 3.05) is 25.5 Å². The molecule has 0 bridgehead atoms. The molecule has 1 saturated heterocycles. The Bertz CT molecular complexity index is 597. The van der Waals surface area contributed by atoms with E-state index in [0.29, 0.717) is 18.8 Å². The van der Waals surface area contributed by atoms with Crippen molar-refractivity contribution in [3.05, 3.63) is 18.2 Å². The summed E-state index contributed by atoms with van der Waals surface area (Å²) in [6, 6.07) is 3.15. The van der Waals surface area contributed by atoms with Gasteiger partial charge in [0, 0.05) is 24.8 Å². The standard InChI is InChI=1S/C14H17F2N3O4/c1-8(12(20)19-6-5-17-14(19)21)18-9-3-4-10(22-2)11(7-9)23-13(15)16/h3-4,7-8,13,18H,5-6H2,1-2H3,(H,17,21)/t8-/m0/s1. The molecule has 0 saturated carbocycles. The molecule has 0 unspecified atom stereocenters. The summed E-state index contributed by atoms with van der Waals surface area (Å²) in [6.45, 7) is -0.712. The number of hydrogen-bond acceptors (Lipinski definition) is 5. The Kier molecular flexibility index (Phi) is 5.20. The van der Waals surface area contributed by atoms with E-state index in [2.05, 4.69) is 15.4 Å². The van der Waals surface area contributed by atoms with Gasteiger partial charge in [-0.15, -0.1) is 0 Å². The zero-order valence-electron chi connectivity index (χ0n) is 12.6. The molecular weight excluding hydrogens is 312 g/mol. The third kappa shape index (κ3) is 3.99. The van der Waals surface area contributed by atoms with Gasteiger partial charge in [-0.05, 0) is 19.1 Å². The molecule has 0 radical (unpaired) electrons. The summed E-state index contributed by atoms with van der Waals surface area (Å²) >= 11 is 0. The predicted octanol–water partition coefficient (Wildman–Crippen LogP) is 1.65. The van der Waals surface area contributed by atoms with Crippen LogP contribution in [0, 0.1) is 0 Å². The number of rotatable bonds is 6. The molecule has 2 rings (SSSR count). The van der Waals surface area contributed by atoms with Gasteiger partial charge in [0.15, 0.2) is 11.5 Å². The van der Waals surface area contributed by atoms with Crippen LogP contribution in [-0.4, -0.2) is 49.7 Å². The fourth-order valence-electron chi connectivity index (χ4n) is 2.18. The molecule has 0 aliphatic carbocycles. The van der Waals surface area contributed by atoms with Crippen LogP contribution >= 0.6 is 0 Å². The molecule has 1 heterocycles. The zero-order chi connectivity index (χ0) is 17.0. The number of hydrogen-bond donors (Lipinski definition) is 2. The molecule has 9 heteroatoms. The highest BCUT2D eigenvalue weighted by molar-refractivity contribution is 5.99. The topological polar surface area (TPSA) is 79.9 Å². The molecule has 0 spiro atoms. The molecule has 126 valence electrons. The Morgan fingerprint density at radius 1 is 1.39 bits per heavy atom. The molecule has 7 nitrogen and oxygen atoms in total. The van der Waals surface area contributed by atoms with E-state index in [1.807, 2.05) is 0 Å². The molecule has 1 fully saturated rings. The highest BCUT2D eigenvalue weighted by atomic mass is 19.3. The van der Waals surface area contributed by atoms with Crippen LogP contribution < -0.4 is 20.1 Å². The number of alkyl halides is 2. The number of anilines is 1. The lowest BCUT2D eigenvalue weighted by Gasteiger charge is -2.20. The number of nitrogens with zero attached hydrogens (tertiary/aromatic N) is 1. The largest absolute Gasteiger partial charge is 0.493 e. The Balaban J connectivity index is 2.09. The Hall–Kier alpha value is -2.58. The van der Waals surface area contributed by atoms with Crippen LogP contribution in [0.1, 0.15) is 6.92 Å². The summed E-state index contributed by atoms with van der Waals surface area (Å²) < 4.78 is 34.1. The highest BCUT2D eigenvalue weighted by Crippen LogP contribution is 2.31. The van der Waals surface area contributed by atoms with Crippen LogP contribution in [0.2, 0.25) is 0 Å². The number of nitrogens with one attached hydrogen (secondary N) is 2. The molecule has 3 amide bonds. The quantitative estimate of drug-likeness (QED) is 0.829. The lowest BCUT2D eigenvalue weighted by atomic mass is 10.2. The minimum atomic E-state index is -2.99. The van der Waals surface area contributed by atoms with Gasteiger partial charge in [-0.2, -0.15) is 8.78 Å². The number of methoxy groups -OCH3 is 1. The van der Waals surface area contributed by atoms with Crippen LogP contribution in [0.4, 0.5) is 19.3 Å². The van der Waals surface area contributed by atoms with E-state index in [1.54, 1.807) is 13.0 Å². The van der Waals surface area contributed by atoms with E-state index in [-0.39, 0.29) is 11.5 Å². The van der Waals surface area contributed by atoms with Gasteiger partial charge in [0.1, 0.15) is 6.04 Å². The van der Waals surface area contributed by atoms with Crippen LogP contribution in [-0.2, 0) is 4.79 Å². The van der Waals surface area contributed by atoms with Gasteiger partial charge in [0.25, 0.3) is 5.91 Å². The minimum Gasteiger partial charge on any atom is -0.493 e. The van der Waals surface area contributed by atoms with Gasteiger partial charge in [-0.1, -0.05) is 0 Å². The van der Waals surface area contributed by atoms with Crippen molar-refractivity contribution < 1.29 is 27.8 Å². The fourth-order valence-corrected chi connectivity index (χ4v) is 2.18. The highest BCUT2D eigenvalue weighted by Gasteiger charge is 2.29. The first-order chi connectivity index (χ1) is 10.9. The number of imide groups is 1. The van der Waals surface area contributed by atoms with Crippen molar-refractivity contribution in [3.63, 3.8) is 0 Å². The summed E-state index contributed by atoms with van der Waals surface area (Å²) in [6.07, 6.45) is 0. The number of urea groups is 1. The van der Waals surface area contributed by atoms with E-state index in [9.17, 15) is 18.4 Å². The van der Waals surface area contributed by atoms with Gasteiger partial charge in [0.05, 0.1) is 7.11 Å². The van der Waals surface area contributed by atoms with Gasteiger partial charge in [-0.3, -0.25) is 9.69 Å². The van der Waals surface area contributed by atoms with Crippen molar-refractivity contribution in [1.29, 1.82) is 0 Å². The third-order valence-electron chi connectivity index (χ3n) is 3.26. The second-order valence-electron chi connectivity index (χ2n) is 4.83. The summed E-state index contributed by atoms with van der Waals surface area (Å²) in [5, 5.41) is 5.39. The number of carbonyl (C=O) groups excluding carboxylic acids is 2. The van der Waals surface area contributed by atoms with Gasteiger partial charge >= 0.3 is 12.6 Å². The third-order valence-corrected chi connectivity index (χ3v) is 3.26. The summed E-state index contributed by atoms with van der Waals surface area (Å²) in [5.74, 6) is -0.410. The molecule has 1 aromatic carbocycles. The number of amides is 3.